The molecule has 25 heavy (non-hydrogen) atoms. The van der Waals surface area contributed by atoms with Crippen LogP contribution in [0.3, 0.4) is 0 Å². The molecule has 0 saturated carbocycles. The third kappa shape index (κ3) is 4.02. The van der Waals surface area contributed by atoms with Crippen molar-refractivity contribution >= 4 is 55.0 Å². The number of carbonyl (C=O) groups is 1. The largest absolute Gasteiger partial charge is 0.310 e. The number of amides is 1. The zero-order valence-corrected chi connectivity index (χ0v) is 16.9. The van der Waals surface area contributed by atoms with Crippen LogP contribution in [0.25, 0.3) is 0 Å². The van der Waals surface area contributed by atoms with Gasteiger partial charge in [-0.05, 0) is 36.4 Å². The Kier molecular flexibility index (Phi) is 5.13. The molecule has 1 aliphatic heterocycles. The predicted octanol–water partition coefficient (Wildman–Crippen LogP) is 4.10. The standard InChI is InChI=1S/C17H17BrN2O3S2/c1-11-10-20(12(2)21)16-9-15(6-7-17(16)24-11)25(22,23)19-14-5-3-4-13(18)8-14/h3-9,11,19H,10H2,1-2H3/t11-/m1/s1. The smallest absolute Gasteiger partial charge is 0.261 e. The molecule has 1 amide bonds. The molecule has 0 spiro atoms. The number of sulfonamides is 1. The van der Waals surface area contributed by atoms with E-state index in [0.29, 0.717) is 17.9 Å². The molecule has 1 aliphatic rings. The normalized spacial score (nSPS) is 17.1. The monoisotopic (exact) mass is 440 g/mol. The number of thioether (sulfide) groups is 1. The van der Waals surface area contributed by atoms with Crippen molar-refractivity contribution in [2.24, 2.45) is 0 Å². The van der Waals surface area contributed by atoms with Gasteiger partial charge >= 0.3 is 0 Å². The fourth-order valence-electron chi connectivity index (χ4n) is 2.65. The number of anilines is 2. The van der Waals surface area contributed by atoms with Gasteiger partial charge in [-0.2, -0.15) is 0 Å². The van der Waals surface area contributed by atoms with Crippen molar-refractivity contribution in [3.05, 3.63) is 46.9 Å². The molecule has 0 aliphatic carbocycles. The van der Waals surface area contributed by atoms with Crippen LogP contribution in [-0.4, -0.2) is 26.1 Å². The van der Waals surface area contributed by atoms with Gasteiger partial charge in [0.2, 0.25) is 5.91 Å². The first-order valence-electron chi connectivity index (χ1n) is 7.63. The molecule has 0 saturated heterocycles. The second-order valence-corrected chi connectivity index (χ2v) is 9.88. The number of nitrogens with zero attached hydrogens (tertiary/aromatic N) is 1. The van der Waals surface area contributed by atoms with Gasteiger partial charge in [0, 0.05) is 33.8 Å². The van der Waals surface area contributed by atoms with Crippen molar-refractivity contribution < 1.29 is 13.2 Å². The molecule has 5 nitrogen and oxygen atoms in total. The van der Waals surface area contributed by atoms with Crippen LogP contribution in [0.4, 0.5) is 11.4 Å². The minimum atomic E-state index is -3.74. The van der Waals surface area contributed by atoms with Crippen molar-refractivity contribution in [2.75, 3.05) is 16.2 Å². The third-order valence-corrected chi connectivity index (χ3v) is 6.78. The van der Waals surface area contributed by atoms with Crippen molar-refractivity contribution in [3.8, 4) is 0 Å². The van der Waals surface area contributed by atoms with E-state index < -0.39 is 10.0 Å². The first-order chi connectivity index (χ1) is 11.8. The first-order valence-corrected chi connectivity index (χ1v) is 10.8. The van der Waals surface area contributed by atoms with E-state index in [1.54, 1.807) is 53.1 Å². The highest BCUT2D eigenvalue weighted by Gasteiger charge is 2.27. The van der Waals surface area contributed by atoms with E-state index in [0.717, 1.165) is 9.37 Å². The highest BCUT2D eigenvalue weighted by molar-refractivity contribution is 9.10. The third-order valence-electron chi connectivity index (χ3n) is 3.76. The molecule has 1 atom stereocenters. The Balaban J connectivity index is 1.98. The van der Waals surface area contributed by atoms with Gasteiger partial charge in [0.1, 0.15) is 0 Å². The SMILES string of the molecule is CC(=O)N1C[C@@H](C)Sc2ccc(S(=O)(=O)Nc3cccc(Br)c3)cc21. The number of hydrogen-bond acceptors (Lipinski definition) is 4. The van der Waals surface area contributed by atoms with Gasteiger partial charge in [-0.25, -0.2) is 8.42 Å². The summed E-state index contributed by atoms with van der Waals surface area (Å²) in [6.07, 6.45) is 0. The average molecular weight is 441 g/mol. The lowest BCUT2D eigenvalue weighted by molar-refractivity contribution is -0.116. The fourth-order valence-corrected chi connectivity index (χ4v) is 5.21. The molecule has 2 aromatic rings. The summed E-state index contributed by atoms with van der Waals surface area (Å²) in [5.41, 5.74) is 1.12. The molecule has 0 radical (unpaired) electrons. The van der Waals surface area contributed by atoms with Crippen LogP contribution < -0.4 is 9.62 Å². The summed E-state index contributed by atoms with van der Waals surface area (Å²) in [5, 5.41) is 0.263. The maximum atomic E-state index is 12.7. The number of benzene rings is 2. The van der Waals surface area contributed by atoms with Gasteiger partial charge in [-0.15, -0.1) is 11.8 Å². The Morgan fingerprint density at radius 2 is 2.04 bits per heavy atom. The van der Waals surface area contributed by atoms with E-state index in [4.69, 9.17) is 0 Å². The van der Waals surface area contributed by atoms with Crippen LogP contribution in [0, 0.1) is 0 Å². The first kappa shape index (κ1) is 18.3. The molecule has 0 aromatic heterocycles. The number of halogens is 1. The van der Waals surface area contributed by atoms with Gasteiger partial charge in [-0.3, -0.25) is 9.52 Å². The number of hydrogen-bond donors (Lipinski definition) is 1. The van der Waals surface area contributed by atoms with E-state index in [2.05, 4.69) is 20.7 Å². The molecule has 1 heterocycles. The number of nitrogens with one attached hydrogen (secondary N) is 1. The number of fused-ring (bicyclic) bond motifs is 1. The quantitative estimate of drug-likeness (QED) is 0.779. The Morgan fingerprint density at radius 1 is 1.28 bits per heavy atom. The highest BCUT2D eigenvalue weighted by atomic mass is 79.9. The van der Waals surface area contributed by atoms with E-state index in [9.17, 15) is 13.2 Å². The van der Waals surface area contributed by atoms with Crippen LogP contribution in [0.15, 0.2) is 56.7 Å². The fraction of sp³-hybridized carbons (Fsp3) is 0.235. The Bertz CT molecular complexity index is 931. The van der Waals surface area contributed by atoms with Gasteiger partial charge in [0.15, 0.2) is 0 Å². The Labute approximate surface area is 160 Å². The number of rotatable bonds is 3. The van der Waals surface area contributed by atoms with E-state index in [1.807, 2.05) is 13.0 Å². The summed E-state index contributed by atoms with van der Waals surface area (Å²) in [4.78, 5) is 14.6. The van der Waals surface area contributed by atoms with Crippen molar-refractivity contribution in [2.45, 2.75) is 28.9 Å². The van der Waals surface area contributed by atoms with Gasteiger partial charge in [-0.1, -0.05) is 28.9 Å². The summed E-state index contributed by atoms with van der Waals surface area (Å²) in [5.74, 6) is -0.0945. The van der Waals surface area contributed by atoms with Crippen LogP contribution in [0.1, 0.15) is 13.8 Å². The van der Waals surface area contributed by atoms with Crippen LogP contribution in [0.5, 0.6) is 0 Å². The van der Waals surface area contributed by atoms with E-state index in [-0.39, 0.29) is 16.1 Å². The Morgan fingerprint density at radius 3 is 2.72 bits per heavy atom. The highest BCUT2D eigenvalue weighted by Crippen LogP contribution is 2.39. The van der Waals surface area contributed by atoms with Gasteiger partial charge < -0.3 is 4.90 Å². The zero-order chi connectivity index (χ0) is 18.2. The van der Waals surface area contributed by atoms with Crippen molar-refractivity contribution in [1.29, 1.82) is 0 Å². The molecule has 0 bridgehead atoms. The molecular formula is C17H17BrN2O3S2. The molecule has 132 valence electrons. The topological polar surface area (TPSA) is 66.5 Å². The molecular weight excluding hydrogens is 424 g/mol. The van der Waals surface area contributed by atoms with Gasteiger partial charge in [0.25, 0.3) is 10.0 Å². The van der Waals surface area contributed by atoms with Crippen LogP contribution in [0.2, 0.25) is 0 Å². The van der Waals surface area contributed by atoms with E-state index in [1.165, 1.54) is 6.92 Å². The lowest BCUT2D eigenvalue weighted by atomic mass is 10.2. The molecule has 0 unspecified atom stereocenters. The minimum Gasteiger partial charge on any atom is -0.310 e. The molecule has 3 rings (SSSR count). The molecule has 1 N–H and O–H groups in total. The average Bonchev–Trinajstić information content (AvgIpc) is 2.53. The minimum absolute atomic E-state index is 0.0945. The molecule has 0 fully saturated rings. The summed E-state index contributed by atoms with van der Waals surface area (Å²) in [6.45, 7) is 4.10. The lowest BCUT2D eigenvalue weighted by Gasteiger charge is -2.32. The van der Waals surface area contributed by atoms with Gasteiger partial charge in [0.05, 0.1) is 10.6 Å². The van der Waals surface area contributed by atoms with Crippen molar-refractivity contribution in [3.63, 3.8) is 0 Å². The zero-order valence-electron chi connectivity index (χ0n) is 13.7. The predicted molar refractivity (Wildman–Crippen MR) is 105 cm³/mol. The van der Waals surface area contributed by atoms with Crippen molar-refractivity contribution in [1.82, 2.24) is 0 Å². The van der Waals surface area contributed by atoms with Crippen LogP contribution in [-0.2, 0) is 14.8 Å². The second kappa shape index (κ2) is 7.01. The maximum Gasteiger partial charge on any atom is 0.261 e. The summed E-state index contributed by atoms with van der Waals surface area (Å²) < 4.78 is 28.8. The van der Waals surface area contributed by atoms with E-state index >= 15 is 0 Å². The summed E-state index contributed by atoms with van der Waals surface area (Å²) in [6, 6.07) is 11.8. The lowest BCUT2D eigenvalue weighted by Crippen LogP contribution is -2.37. The second-order valence-electron chi connectivity index (χ2n) is 5.80. The number of carbonyl (C=O) groups excluding carboxylic acids is 1. The maximum absolute atomic E-state index is 12.7. The molecule has 2 aromatic carbocycles. The molecule has 8 heteroatoms. The Hall–Kier alpha value is -1.51. The summed E-state index contributed by atoms with van der Waals surface area (Å²) >= 11 is 4.97. The summed E-state index contributed by atoms with van der Waals surface area (Å²) in [7, 11) is -3.74. The van der Waals surface area contributed by atoms with Crippen LogP contribution >= 0.6 is 27.7 Å².